The minimum Gasteiger partial charge on any atom is -0.392 e. The molecule has 0 aromatic heterocycles. The Hall–Kier alpha value is -1.03. The summed E-state index contributed by atoms with van der Waals surface area (Å²) >= 11 is 0. The van der Waals surface area contributed by atoms with Crippen molar-refractivity contribution in [3.8, 4) is 0 Å². The Balaban J connectivity index is 3.42. The molecule has 0 aliphatic rings. The summed E-state index contributed by atoms with van der Waals surface area (Å²) < 4.78 is 37.9. The van der Waals surface area contributed by atoms with Gasteiger partial charge in [0.05, 0.1) is 6.61 Å². The van der Waals surface area contributed by atoms with Gasteiger partial charge >= 0.3 is 0 Å². The number of halogens is 3. The predicted octanol–water partition coefficient (Wildman–Crippen LogP) is 1.90. The Morgan fingerprint density at radius 1 is 1.25 bits per heavy atom. The SMILES string of the molecule is Cc1c(F)cc(F)c(F)c1CO. The number of hydrogen-bond donors (Lipinski definition) is 1. The largest absolute Gasteiger partial charge is 0.392 e. The molecule has 0 unspecified atom stereocenters. The van der Waals surface area contributed by atoms with Crippen LogP contribution < -0.4 is 0 Å². The molecule has 1 aromatic carbocycles. The van der Waals surface area contributed by atoms with Crippen molar-refractivity contribution in [2.45, 2.75) is 13.5 Å². The average molecular weight is 176 g/mol. The van der Waals surface area contributed by atoms with Crippen LogP contribution in [0.5, 0.6) is 0 Å². The summed E-state index contributed by atoms with van der Waals surface area (Å²) in [6.45, 7) is 0.579. The lowest BCUT2D eigenvalue weighted by Gasteiger charge is -2.05. The topological polar surface area (TPSA) is 20.2 Å². The number of aliphatic hydroxyl groups is 1. The van der Waals surface area contributed by atoms with E-state index in [0.717, 1.165) is 0 Å². The lowest BCUT2D eigenvalue weighted by molar-refractivity contribution is 0.271. The molecule has 1 aromatic rings. The van der Waals surface area contributed by atoms with Crippen LogP contribution in [-0.2, 0) is 6.61 Å². The highest BCUT2D eigenvalue weighted by Gasteiger charge is 2.14. The predicted molar refractivity (Wildman–Crippen MR) is 37.0 cm³/mol. The van der Waals surface area contributed by atoms with E-state index in [2.05, 4.69) is 0 Å². The first kappa shape index (κ1) is 9.06. The van der Waals surface area contributed by atoms with Crippen LogP contribution >= 0.6 is 0 Å². The fourth-order valence-corrected chi connectivity index (χ4v) is 0.924. The molecule has 0 aliphatic heterocycles. The van der Waals surface area contributed by atoms with Crippen LogP contribution in [0.25, 0.3) is 0 Å². The van der Waals surface area contributed by atoms with Crippen molar-refractivity contribution in [1.82, 2.24) is 0 Å². The smallest absolute Gasteiger partial charge is 0.164 e. The van der Waals surface area contributed by atoms with Gasteiger partial charge in [0.15, 0.2) is 11.6 Å². The fraction of sp³-hybridized carbons (Fsp3) is 0.250. The molecular weight excluding hydrogens is 169 g/mol. The third kappa shape index (κ3) is 1.30. The minimum absolute atomic E-state index is 0.0589. The van der Waals surface area contributed by atoms with Gasteiger partial charge in [-0.15, -0.1) is 0 Å². The van der Waals surface area contributed by atoms with Crippen molar-refractivity contribution in [2.75, 3.05) is 0 Å². The number of benzene rings is 1. The molecule has 1 rings (SSSR count). The first-order valence-electron chi connectivity index (χ1n) is 3.31. The van der Waals surface area contributed by atoms with E-state index < -0.39 is 24.1 Å². The Morgan fingerprint density at radius 3 is 2.33 bits per heavy atom. The second-order valence-corrected chi connectivity index (χ2v) is 2.42. The second kappa shape index (κ2) is 3.15. The van der Waals surface area contributed by atoms with Crippen LogP contribution in [0.4, 0.5) is 13.2 Å². The number of rotatable bonds is 1. The van der Waals surface area contributed by atoms with Crippen molar-refractivity contribution < 1.29 is 18.3 Å². The van der Waals surface area contributed by atoms with Gasteiger partial charge in [-0.05, 0) is 12.5 Å². The van der Waals surface area contributed by atoms with Crippen LogP contribution in [0.15, 0.2) is 6.07 Å². The Morgan fingerprint density at radius 2 is 1.83 bits per heavy atom. The van der Waals surface area contributed by atoms with E-state index in [4.69, 9.17) is 5.11 Å². The minimum atomic E-state index is -1.28. The third-order valence-electron chi connectivity index (χ3n) is 1.70. The number of aliphatic hydroxyl groups excluding tert-OH is 1. The van der Waals surface area contributed by atoms with Gasteiger partial charge in [0, 0.05) is 11.6 Å². The molecule has 1 N–H and O–H groups in total. The summed E-state index contributed by atoms with van der Waals surface area (Å²) in [6.07, 6.45) is 0. The molecule has 0 radical (unpaired) electrons. The van der Waals surface area contributed by atoms with Crippen molar-refractivity contribution >= 4 is 0 Å². The fourth-order valence-electron chi connectivity index (χ4n) is 0.924. The summed E-state index contributed by atoms with van der Waals surface area (Å²) in [6, 6.07) is 0.462. The molecule has 1 nitrogen and oxygen atoms in total. The molecule has 0 fully saturated rings. The van der Waals surface area contributed by atoms with Crippen molar-refractivity contribution in [3.05, 3.63) is 34.6 Å². The zero-order valence-corrected chi connectivity index (χ0v) is 6.37. The van der Waals surface area contributed by atoms with Gasteiger partial charge in [-0.1, -0.05) is 0 Å². The lowest BCUT2D eigenvalue weighted by Crippen LogP contribution is -2.00. The molecule has 4 heteroatoms. The quantitative estimate of drug-likeness (QED) is 0.648. The molecule has 0 spiro atoms. The highest BCUT2D eigenvalue weighted by molar-refractivity contribution is 5.29. The molecule has 66 valence electrons. The van der Waals surface area contributed by atoms with E-state index >= 15 is 0 Å². The highest BCUT2D eigenvalue weighted by Crippen LogP contribution is 2.19. The van der Waals surface area contributed by atoms with Gasteiger partial charge in [-0.25, -0.2) is 13.2 Å². The van der Waals surface area contributed by atoms with E-state index in [9.17, 15) is 13.2 Å². The van der Waals surface area contributed by atoms with Crippen LogP contribution in [-0.4, -0.2) is 5.11 Å². The molecule has 0 atom stereocenters. The molecule has 0 bridgehead atoms. The van der Waals surface area contributed by atoms with E-state index in [1.165, 1.54) is 6.92 Å². The molecule has 0 aliphatic carbocycles. The molecule has 0 heterocycles. The maximum Gasteiger partial charge on any atom is 0.164 e. The van der Waals surface area contributed by atoms with Crippen LogP contribution in [0.3, 0.4) is 0 Å². The zero-order chi connectivity index (χ0) is 9.30. The van der Waals surface area contributed by atoms with E-state index in [-0.39, 0.29) is 11.1 Å². The Kier molecular flexibility index (Phi) is 2.38. The van der Waals surface area contributed by atoms with E-state index in [1.54, 1.807) is 0 Å². The monoisotopic (exact) mass is 176 g/mol. The Bertz CT molecular complexity index is 283. The standard InChI is InChI=1S/C8H7F3O/c1-4-5(3-12)8(11)7(10)2-6(4)9/h2,12H,3H2,1H3. The summed E-state index contributed by atoms with van der Waals surface area (Å²) in [4.78, 5) is 0. The first-order chi connectivity index (χ1) is 5.57. The summed E-state index contributed by atoms with van der Waals surface area (Å²) in [7, 11) is 0. The normalized spacial score (nSPS) is 10.4. The molecule has 0 amide bonds. The van der Waals surface area contributed by atoms with Crippen molar-refractivity contribution in [3.63, 3.8) is 0 Å². The van der Waals surface area contributed by atoms with Crippen molar-refractivity contribution in [1.29, 1.82) is 0 Å². The van der Waals surface area contributed by atoms with Gasteiger partial charge in [0.25, 0.3) is 0 Å². The van der Waals surface area contributed by atoms with Crippen LogP contribution in [0, 0.1) is 24.4 Å². The molecule has 0 saturated heterocycles. The average Bonchev–Trinajstić information content (AvgIpc) is 2.02. The maximum atomic E-state index is 12.7. The lowest BCUT2D eigenvalue weighted by atomic mass is 10.1. The molecular formula is C8H7F3O. The summed E-state index contributed by atoms with van der Waals surface area (Å²) in [5, 5.41) is 8.57. The summed E-state index contributed by atoms with van der Waals surface area (Å²) in [5.74, 6) is -3.31. The van der Waals surface area contributed by atoms with Crippen molar-refractivity contribution in [2.24, 2.45) is 0 Å². The van der Waals surface area contributed by atoms with Gasteiger partial charge < -0.3 is 5.11 Å². The van der Waals surface area contributed by atoms with Gasteiger partial charge in [-0.2, -0.15) is 0 Å². The maximum absolute atomic E-state index is 12.7. The molecule has 0 saturated carbocycles. The third-order valence-corrected chi connectivity index (χ3v) is 1.70. The van der Waals surface area contributed by atoms with Crippen LogP contribution in [0.2, 0.25) is 0 Å². The van der Waals surface area contributed by atoms with Crippen LogP contribution in [0.1, 0.15) is 11.1 Å². The first-order valence-corrected chi connectivity index (χ1v) is 3.31. The highest BCUT2D eigenvalue weighted by atomic mass is 19.2. The van der Waals surface area contributed by atoms with Gasteiger partial charge in [0.1, 0.15) is 5.82 Å². The summed E-state index contributed by atoms with van der Waals surface area (Å²) in [5.41, 5.74) is -0.385. The second-order valence-electron chi connectivity index (χ2n) is 2.42. The van der Waals surface area contributed by atoms with E-state index in [1.807, 2.05) is 0 Å². The molecule has 12 heavy (non-hydrogen) atoms. The number of hydrogen-bond acceptors (Lipinski definition) is 1. The van der Waals surface area contributed by atoms with E-state index in [0.29, 0.717) is 6.07 Å². The zero-order valence-electron chi connectivity index (χ0n) is 6.37. The van der Waals surface area contributed by atoms with Gasteiger partial charge in [0.2, 0.25) is 0 Å². The van der Waals surface area contributed by atoms with Gasteiger partial charge in [-0.3, -0.25) is 0 Å². The Labute approximate surface area is 67.5 Å².